The molecule has 2 atom stereocenters. The number of hydrogen-bond donors (Lipinski definition) is 1. The van der Waals surface area contributed by atoms with E-state index in [2.05, 4.69) is 19.2 Å². The maximum absolute atomic E-state index is 12.6. The van der Waals surface area contributed by atoms with E-state index in [0.29, 0.717) is 35.5 Å². The Kier molecular flexibility index (Phi) is 4.47. The minimum Gasteiger partial charge on any atom is -0.326 e. The van der Waals surface area contributed by atoms with Gasteiger partial charge in [0.15, 0.2) is 0 Å². The van der Waals surface area contributed by atoms with Crippen LogP contribution in [0.4, 0.5) is 5.69 Å². The van der Waals surface area contributed by atoms with Crippen molar-refractivity contribution in [3.8, 4) is 0 Å². The molecule has 23 heavy (non-hydrogen) atoms. The normalized spacial score (nSPS) is 26.0. The van der Waals surface area contributed by atoms with Crippen LogP contribution in [0.25, 0.3) is 0 Å². The van der Waals surface area contributed by atoms with E-state index < -0.39 is 10.0 Å². The number of hydrogen-bond acceptors (Lipinski definition) is 3. The number of sulfonamides is 1. The molecule has 0 unspecified atom stereocenters. The summed E-state index contributed by atoms with van der Waals surface area (Å²) in [5, 5.41) is 2.85. The fourth-order valence-electron chi connectivity index (χ4n) is 3.01. The van der Waals surface area contributed by atoms with Gasteiger partial charge in [-0.15, -0.1) is 0 Å². The molecule has 1 amide bonds. The number of rotatable bonds is 4. The molecule has 5 nitrogen and oxygen atoms in total. The highest BCUT2D eigenvalue weighted by Crippen LogP contribution is 2.38. The van der Waals surface area contributed by atoms with Gasteiger partial charge in [0, 0.05) is 24.7 Å². The molecule has 3 rings (SSSR count). The van der Waals surface area contributed by atoms with E-state index in [1.165, 1.54) is 0 Å². The number of anilines is 1. The van der Waals surface area contributed by atoms with Crippen molar-refractivity contribution in [2.75, 3.05) is 18.4 Å². The molecule has 1 saturated heterocycles. The molecule has 1 aromatic rings. The van der Waals surface area contributed by atoms with Crippen molar-refractivity contribution >= 4 is 21.6 Å². The molecule has 2 aliphatic rings. The molecule has 0 spiro atoms. The Hall–Kier alpha value is -1.40. The Morgan fingerprint density at radius 1 is 1.13 bits per heavy atom. The van der Waals surface area contributed by atoms with Crippen LogP contribution in [0.5, 0.6) is 0 Å². The second kappa shape index (κ2) is 6.24. The third-order valence-corrected chi connectivity index (χ3v) is 6.86. The fourth-order valence-corrected chi connectivity index (χ4v) is 4.48. The molecule has 1 saturated carbocycles. The molecule has 1 aliphatic heterocycles. The predicted molar refractivity (Wildman–Crippen MR) is 89.5 cm³/mol. The van der Waals surface area contributed by atoms with Gasteiger partial charge < -0.3 is 5.32 Å². The maximum Gasteiger partial charge on any atom is 0.243 e. The zero-order valence-electron chi connectivity index (χ0n) is 13.7. The van der Waals surface area contributed by atoms with Crippen LogP contribution in [0.2, 0.25) is 0 Å². The molecule has 0 radical (unpaired) electrons. The van der Waals surface area contributed by atoms with Gasteiger partial charge >= 0.3 is 0 Å². The van der Waals surface area contributed by atoms with Gasteiger partial charge in [-0.05, 0) is 55.4 Å². The average molecular weight is 336 g/mol. The topological polar surface area (TPSA) is 66.5 Å². The van der Waals surface area contributed by atoms with Crippen molar-refractivity contribution < 1.29 is 13.2 Å². The Bertz CT molecular complexity index is 676. The number of piperidine rings is 1. The lowest BCUT2D eigenvalue weighted by molar-refractivity contribution is -0.117. The zero-order chi connectivity index (χ0) is 16.6. The lowest BCUT2D eigenvalue weighted by atomic mass is 10.0. The first-order valence-corrected chi connectivity index (χ1v) is 9.73. The Balaban J connectivity index is 1.67. The molecule has 126 valence electrons. The largest absolute Gasteiger partial charge is 0.326 e. The molecule has 2 fully saturated rings. The second-order valence-electron chi connectivity index (χ2n) is 6.92. The highest BCUT2D eigenvalue weighted by Gasteiger charge is 2.39. The SMILES string of the molecule is CC1CCN(S(=O)(=O)c2ccc(NC(=O)[C@H]3C[C@@H]3C)cc2)CC1. The van der Waals surface area contributed by atoms with Gasteiger partial charge in [-0.3, -0.25) is 4.79 Å². The Morgan fingerprint density at radius 3 is 2.22 bits per heavy atom. The third kappa shape index (κ3) is 3.58. The number of amides is 1. The van der Waals surface area contributed by atoms with Crippen LogP contribution in [-0.4, -0.2) is 31.7 Å². The summed E-state index contributed by atoms with van der Waals surface area (Å²) in [4.78, 5) is 12.2. The van der Waals surface area contributed by atoms with Gasteiger partial charge in [0.05, 0.1) is 4.90 Å². The lowest BCUT2D eigenvalue weighted by Gasteiger charge is -2.29. The molecule has 0 bridgehead atoms. The summed E-state index contributed by atoms with van der Waals surface area (Å²) in [7, 11) is -3.42. The smallest absolute Gasteiger partial charge is 0.243 e. The number of nitrogens with one attached hydrogen (secondary N) is 1. The summed E-state index contributed by atoms with van der Waals surface area (Å²) in [6.07, 6.45) is 2.76. The van der Waals surface area contributed by atoms with Crippen molar-refractivity contribution in [2.24, 2.45) is 17.8 Å². The van der Waals surface area contributed by atoms with Gasteiger partial charge in [0.2, 0.25) is 15.9 Å². The highest BCUT2D eigenvalue weighted by atomic mass is 32.2. The standard InChI is InChI=1S/C17H24N2O3S/c1-12-7-9-19(10-8-12)23(21,22)15-5-3-14(4-6-15)18-17(20)16-11-13(16)2/h3-6,12-13,16H,7-11H2,1-2H3,(H,18,20)/t13-,16-/m0/s1. The molecule has 6 heteroatoms. The van der Waals surface area contributed by atoms with Crippen molar-refractivity contribution in [1.82, 2.24) is 4.31 Å². The molecular weight excluding hydrogens is 312 g/mol. The van der Waals surface area contributed by atoms with E-state index in [4.69, 9.17) is 0 Å². The van der Waals surface area contributed by atoms with Crippen molar-refractivity contribution in [1.29, 1.82) is 0 Å². The van der Waals surface area contributed by atoms with E-state index in [1.54, 1.807) is 28.6 Å². The summed E-state index contributed by atoms with van der Waals surface area (Å²) >= 11 is 0. The number of carbonyl (C=O) groups excluding carboxylic acids is 1. The van der Waals surface area contributed by atoms with Gasteiger partial charge in [-0.2, -0.15) is 4.31 Å². The minimum absolute atomic E-state index is 0.0260. The summed E-state index contributed by atoms with van der Waals surface area (Å²) in [5.74, 6) is 1.17. The van der Waals surface area contributed by atoms with E-state index >= 15 is 0 Å². The third-order valence-electron chi connectivity index (χ3n) is 4.95. The van der Waals surface area contributed by atoms with Crippen LogP contribution < -0.4 is 5.32 Å². The first kappa shape index (κ1) is 16.5. The molecule has 1 N–H and O–H groups in total. The Morgan fingerprint density at radius 2 is 1.70 bits per heavy atom. The summed E-state index contributed by atoms with van der Waals surface area (Å²) in [6, 6.07) is 6.51. The predicted octanol–water partition coefficient (Wildman–Crippen LogP) is 2.70. The monoisotopic (exact) mass is 336 g/mol. The second-order valence-corrected chi connectivity index (χ2v) is 8.86. The van der Waals surface area contributed by atoms with Crippen molar-refractivity contribution in [3.63, 3.8) is 0 Å². The van der Waals surface area contributed by atoms with Crippen molar-refractivity contribution in [3.05, 3.63) is 24.3 Å². The molecule has 0 aromatic heterocycles. The van der Waals surface area contributed by atoms with E-state index in [0.717, 1.165) is 19.3 Å². The fraction of sp³-hybridized carbons (Fsp3) is 0.588. The van der Waals surface area contributed by atoms with Gasteiger partial charge in [-0.25, -0.2) is 8.42 Å². The number of carbonyl (C=O) groups is 1. The summed E-state index contributed by atoms with van der Waals surface area (Å²) in [5.41, 5.74) is 0.653. The molecule has 1 aromatic carbocycles. The van der Waals surface area contributed by atoms with Gasteiger partial charge in [0.1, 0.15) is 0 Å². The molecule has 1 aliphatic carbocycles. The van der Waals surface area contributed by atoms with Crippen LogP contribution in [0.15, 0.2) is 29.2 Å². The van der Waals surface area contributed by atoms with Crippen LogP contribution in [-0.2, 0) is 14.8 Å². The van der Waals surface area contributed by atoms with Crippen LogP contribution in [0.1, 0.15) is 33.1 Å². The molecule has 1 heterocycles. The van der Waals surface area contributed by atoms with Crippen LogP contribution >= 0.6 is 0 Å². The summed E-state index contributed by atoms with van der Waals surface area (Å²) < 4.78 is 26.8. The zero-order valence-corrected chi connectivity index (χ0v) is 14.5. The number of nitrogens with zero attached hydrogens (tertiary/aromatic N) is 1. The number of benzene rings is 1. The van der Waals surface area contributed by atoms with Crippen LogP contribution in [0.3, 0.4) is 0 Å². The van der Waals surface area contributed by atoms with Gasteiger partial charge in [0.25, 0.3) is 0 Å². The van der Waals surface area contributed by atoms with E-state index in [-0.39, 0.29) is 11.8 Å². The molecular formula is C17H24N2O3S. The minimum atomic E-state index is -3.42. The maximum atomic E-state index is 12.6. The van der Waals surface area contributed by atoms with Crippen LogP contribution in [0, 0.1) is 17.8 Å². The first-order valence-electron chi connectivity index (χ1n) is 8.29. The van der Waals surface area contributed by atoms with Gasteiger partial charge in [-0.1, -0.05) is 13.8 Å². The summed E-state index contributed by atoms with van der Waals surface area (Å²) in [6.45, 7) is 5.38. The van der Waals surface area contributed by atoms with E-state index in [1.807, 2.05) is 0 Å². The average Bonchev–Trinajstić information content (AvgIpc) is 3.25. The Labute approximate surface area is 138 Å². The first-order chi connectivity index (χ1) is 10.9. The highest BCUT2D eigenvalue weighted by molar-refractivity contribution is 7.89. The quantitative estimate of drug-likeness (QED) is 0.919. The lowest BCUT2D eigenvalue weighted by Crippen LogP contribution is -2.37. The van der Waals surface area contributed by atoms with E-state index in [9.17, 15) is 13.2 Å². The van der Waals surface area contributed by atoms with Crippen molar-refractivity contribution in [2.45, 2.75) is 38.0 Å².